The summed E-state index contributed by atoms with van der Waals surface area (Å²) < 4.78 is 27.4. The smallest absolute Gasteiger partial charge is 0.326 e. The molecule has 3 aromatic carbocycles. The molecule has 4 aromatic rings. The van der Waals surface area contributed by atoms with E-state index in [9.17, 15) is 18.4 Å². The van der Waals surface area contributed by atoms with E-state index in [0.29, 0.717) is 33.1 Å². The first-order chi connectivity index (χ1) is 15.4. The molecule has 1 aromatic heterocycles. The Balaban J connectivity index is 1.51. The number of halogens is 3. The Hall–Kier alpha value is -4.11. The molecule has 7 nitrogen and oxygen atoms in total. The van der Waals surface area contributed by atoms with Crippen LogP contribution in [0.2, 0.25) is 5.02 Å². The molecule has 0 saturated carbocycles. The van der Waals surface area contributed by atoms with E-state index in [1.807, 2.05) is 11.4 Å². The lowest BCUT2D eigenvalue weighted by atomic mass is 10.2. The lowest BCUT2D eigenvalue weighted by Gasteiger charge is -2.11. The van der Waals surface area contributed by atoms with Gasteiger partial charge in [0.15, 0.2) is 0 Å². The molecule has 3 amide bonds. The summed E-state index contributed by atoms with van der Waals surface area (Å²) in [5.74, 6) is -2.84. The van der Waals surface area contributed by atoms with Gasteiger partial charge in [-0.05, 0) is 42.5 Å². The van der Waals surface area contributed by atoms with Crippen LogP contribution in [-0.4, -0.2) is 21.9 Å². The second-order valence-corrected chi connectivity index (χ2v) is 6.97. The van der Waals surface area contributed by atoms with Crippen LogP contribution in [0, 0.1) is 11.6 Å². The number of aromatic nitrogens is 2. The SMILES string of the molecule is O=C(NC(=O)c1c(F)cccc1F)Nc1ccc2c(Nc3ccccc3Cl)ncnc2c1. The second kappa shape index (κ2) is 8.94. The summed E-state index contributed by atoms with van der Waals surface area (Å²) in [7, 11) is 0. The van der Waals surface area contributed by atoms with Crippen molar-refractivity contribution in [2.45, 2.75) is 0 Å². The van der Waals surface area contributed by atoms with Crippen molar-refractivity contribution in [2.24, 2.45) is 0 Å². The second-order valence-electron chi connectivity index (χ2n) is 6.56. The van der Waals surface area contributed by atoms with E-state index in [1.165, 1.54) is 6.33 Å². The topological polar surface area (TPSA) is 96.0 Å². The summed E-state index contributed by atoms with van der Waals surface area (Å²) in [5, 5.41) is 8.64. The van der Waals surface area contributed by atoms with Crippen LogP contribution < -0.4 is 16.0 Å². The molecule has 0 spiro atoms. The van der Waals surface area contributed by atoms with Gasteiger partial charge in [-0.25, -0.2) is 23.5 Å². The van der Waals surface area contributed by atoms with Gasteiger partial charge in [-0.3, -0.25) is 10.1 Å². The molecule has 0 fully saturated rings. The van der Waals surface area contributed by atoms with Crippen molar-refractivity contribution in [3.8, 4) is 0 Å². The number of anilines is 3. The minimum atomic E-state index is -1.20. The van der Waals surface area contributed by atoms with E-state index in [2.05, 4.69) is 20.6 Å². The van der Waals surface area contributed by atoms with Crippen LogP contribution in [0.4, 0.5) is 30.8 Å². The predicted molar refractivity (Wildman–Crippen MR) is 117 cm³/mol. The fourth-order valence-corrected chi connectivity index (χ4v) is 3.15. The first-order valence-corrected chi connectivity index (χ1v) is 9.63. The fraction of sp³-hybridized carbons (Fsp3) is 0. The summed E-state index contributed by atoms with van der Waals surface area (Å²) >= 11 is 6.18. The van der Waals surface area contributed by atoms with Crippen LogP contribution in [0.25, 0.3) is 10.9 Å². The molecule has 0 aliphatic carbocycles. The normalized spacial score (nSPS) is 10.6. The number of amides is 3. The van der Waals surface area contributed by atoms with Crippen LogP contribution in [0.5, 0.6) is 0 Å². The Bertz CT molecular complexity index is 1330. The van der Waals surface area contributed by atoms with Crippen molar-refractivity contribution in [3.63, 3.8) is 0 Å². The van der Waals surface area contributed by atoms with Gasteiger partial charge in [0.2, 0.25) is 0 Å². The molecule has 0 bridgehead atoms. The molecule has 4 rings (SSSR count). The molecule has 1 heterocycles. The molecule has 160 valence electrons. The molecule has 3 N–H and O–H groups in total. The Morgan fingerprint density at radius 2 is 1.66 bits per heavy atom. The molecule has 0 radical (unpaired) electrons. The first kappa shape index (κ1) is 21.1. The van der Waals surface area contributed by atoms with E-state index in [4.69, 9.17) is 11.6 Å². The van der Waals surface area contributed by atoms with Crippen molar-refractivity contribution in [1.29, 1.82) is 0 Å². The number of hydrogen-bond acceptors (Lipinski definition) is 5. The highest BCUT2D eigenvalue weighted by atomic mass is 35.5. The van der Waals surface area contributed by atoms with Crippen molar-refractivity contribution in [2.75, 3.05) is 10.6 Å². The average molecular weight is 454 g/mol. The van der Waals surface area contributed by atoms with Crippen LogP contribution >= 0.6 is 11.6 Å². The number of fused-ring (bicyclic) bond motifs is 1. The largest absolute Gasteiger partial charge is 0.338 e. The van der Waals surface area contributed by atoms with Gasteiger partial charge in [0.1, 0.15) is 29.3 Å². The number of para-hydroxylation sites is 1. The number of nitrogens with zero attached hydrogens (tertiary/aromatic N) is 2. The monoisotopic (exact) mass is 453 g/mol. The average Bonchev–Trinajstić information content (AvgIpc) is 2.75. The highest BCUT2D eigenvalue weighted by Gasteiger charge is 2.19. The van der Waals surface area contributed by atoms with Gasteiger partial charge in [0.05, 0.1) is 16.2 Å². The maximum Gasteiger partial charge on any atom is 0.326 e. The number of nitrogens with one attached hydrogen (secondary N) is 3. The number of rotatable bonds is 4. The number of carbonyl (C=O) groups is 2. The van der Waals surface area contributed by atoms with Gasteiger partial charge in [0.25, 0.3) is 5.91 Å². The van der Waals surface area contributed by atoms with Crippen LogP contribution in [-0.2, 0) is 0 Å². The van der Waals surface area contributed by atoms with Gasteiger partial charge in [-0.15, -0.1) is 0 Å². The van der Waals surface area contributed by atoms with E-state index in [0.717, 1.165) is 18.2 Å². The zero-order valence-electron chi connectivity index (χ0n) is 16.2. The molecule has 0 atom stereocenters. The van der Waals surface area contributed by atoms with Crippen molar-refractivity contribution in [3.05, 3.63) is 89.2 Å². The number of carbonyl (C=O) groups excluding carboxylic acids is 2. The number of hydrogen-bond donors (Lipinski definition) is 3. The summed E-state index contributed by atoms with van der Waals surface area (Å²) in [6, 6.07) is 14.0. The molecule has 0 aliphatic heterocycles. The number of benzene rings is 3. The third kappa shape index (κ3) is 4.47. The Morgan fingerprint density at radius 1 is 0.906 bits per heavy atom. The minimum absolute atomic E-state index is 0.305. The Kier molecular flexibility index (Phi) is 5.91. The van der Waals surface area contributed by atoms with Crippen molar-refractivity contribution < 1.29 is 18.4 Å². The highest BCUT2D eigenvalue weighted by Crippen LogP contribution is 2.28. The lowest BCUT2D eigenvalue weighted by Crippen LogP contribution is -2.35. The summed E-state index contributed by atoms with van der Waals surface area (Å²) in [6.45, 7) is 0. The van der Waals surface area contributed by atoms with Crippen molar-refractivity contribution >= 4 is 51.6 Å². The van der Waals surface area contributed by atoms with Crippen LogP contribution in [0.1, 0.15) is 10.4 Å². The first-order valence-electron chi connectivity index (χ1n) is 9.25. The van der Waals surface area contributed by atoms with E-state index < -0.39 is 29.1 Å². The lowest BCUT2D eigenvalue weighted by molar-refractivity contribution is 0.0959. The van der Waals surface area contributed by atoms with Gasteiger partial charge in [-0.1, -0.05) is 29.8 Å². The van der Waals surface area contributed by atoms with Gasteiger partial charge in [0, 0.05) is 11.1 Å². The fourth-order valence-electron chi connectivity index (χ4n) is 2.97. The standard InChI is InChI=1S/C22H14ClF2N5O2/c23-14-4-1-2-7-17(14)29-20-13-9-8-12(10-18(13)26-11-27-20)28-22(32)30-21(31)19-15(24)5-3-6-16(19)25/h1-11H,(H,26,27,29)(H2,28,30,31,32). The molecule has 0 unspecified atom stereocenters. The van der Waals surface area contributed by atoms with Crippen LogP contribution in [0.3, 0.4) is 0 Å². The maximum absolute atomic E-state index is 13.7. The molecule has 0 saturated heterocycles. The van der Waals surface area contributed by atoms with Gasteiger partial charge >= 0.3 is 6.03 Å². The van der Waals surface area contributed by atoms with Gasteiger partial charge < -0.3 is 10.6 Å². The minimum Gasteiger partial charge on any atom is -0.338 e. The van der Waals surface area contributed by atoms with Gasteiger partial charge in [-0.2, -0.15) is 0 Å². The Labute approximate surface area is 185 Å². The number of imide groups is 1. The molecule has 32 heavy (non-hydrogen) atoms. The summed E-state index contributed by atoms with van der Waals surface area (Å²) in [6.07, 6.45) is 1.34. The summed E-state index contributed by atoms with van der Waals surface area (Å²) in [4.78, 5) is 32.6. The zero-order chi connectivity index (χ0) is 22.7. The predicted octanol–water partition coefficient (Wildman–Crippen LogP) is 5.27. The molecule has 10 heteroatoms. The van der Waals surface area contributed by atoms with E-state index in [-0.39, 0.29) is 0 Å². The third-order valence-electron chi connectivity index (χ3n) is 4.44. The molecule has 0 aliphatic rings. The summed E-state index contributed by atoms with van der Waals surface area (Å²) in [5.41, 5.74) is 0.622. The van der Waals surface area contributed by atoms with E-state index in [1.54, 1.807) is 36.4 Å². The van der Waals surface area contributed by atoms with E-state index >= 15 is 0 Å². The zero-order valence-corrected chi connectivity index (χ0v) is 17.0. The highest BCUT2D eigenvalue weighted by molar-refractivity contribution is 6.33. The molecular weight excluding hydrogens is 440 g/mol. The Morgan fingerprint density at radius 3 is 2.41 bits per heavy atom. The van der Waals surface area contributed by atoms with Crippen molar-refractivity contribution in [1.82, 2.24) is 15.3 Å². The number of urea groups is 1. The molecular formula is C22H14ClF2N5O2. The maximum atomic E-state index is 13.7. The third-order valence-corrected chi connectivity index (χ3v) is 4.77. The quantitative estimate of drug-likeness (QED) is 0.391. The van der Waals surface area contributed by atoms with Crippen LogP contribution in [0.15, 0.2) is 67.0 Å².